The average molecular weight is 249 g/mol. The van der Waals surface area contributed by atoms with E-state index in [1.54, 1.807) is 0 Å². The number of fused-ring (bicyclic) bond motifs is 1. The van der Waals surface area contributed by atoms with E-state index in [9.17, 15) is 0 Å². The molecule has 0 spiro atoms. The van der Waals surface area contributed by atoms with Gasteiger partial charge in [0.2, 0.25) is 0 Å². The van der Waals surface area contributed by atoms with Crippen LogP contribution in [0.25, 0.3) is 0 Å². The summed E-state index contributed by atoms with van der Waals surface area (Å²) in [5.41, 5.74) is 0.358. The summed E-state index contributed by atoms with van der Waals surface area (Å²) < 4.78 is 2.17. The van der Waals surface area contributed by atoms with Crippen molar-refractivity contribution >= 4 is 0 Å². The molecule has 0 aliphatic carbocycles. The highest BCUT2D eigenvalue weighted by atomic mass is 15.3. The average Bonchev–Trinajstić information content (AvgIpc) is 2.98. The van der Waals surface area contributed by atoms with E-state index in [1.807, 2.05) is 6.33 Å². The lowest BCUT2D eigenvalue weighted by Gasteiger charge is -2.37. The Balaban J connectivity index is 1.66. The van der Waals surface area contributed by atoms with E-state index in [-0.39, 0.29) is 0 Å². The molecule has 5 heteroatoms. The number of hydrogen-bond donors (Lipinski definition) is 1. The maximum absolute atomic E-state index is 4.20. The minimum Gasteiger partial charge on any atom is -0.315 e. The second kappa shape index (κ2) is 4.97. The third kappa shape index (κ3) is 2.29. The fraction of sp³-hybridized carbons (Fsp3) is 0.846. The van der Waals surface area contributed by atoms with E-state index < -0.39 is 0 Å². The van der Waals surface area contributed by atoms with Crippen molar-refractivity contribution in [3.05, 3.63) is 12.2 Å². The second-order valence-corrected chi connectivity index (χ2v) is 5.71. The van der Waals surface area contributed by atoms with Gasteiger partial charge in [-0.2, -0.15) is 0 Å². The maximum Gasteiger partial charge on any atom is 0.147 e. The lowest BCUT2D eigenvalue weighted by molar-refractivity contribution is 0.150. The molecule has 2 aliphatic heterocycles. The molecule has 18 heavy (non-hydrogen) atoms. The summed E-state index contributed by atoms with van der Waals surface area (Å²) in [4.78, 5) is 2.54. The molecule has 1 saturated heterocycles. The highest BCUT2D eigenvalue weighted by molar-refractivity contribution is 4.98. The van der Waals surface area contributed by atoms with Crippen LogP contribution < -0.4 is 5.32 Å². The molecule has 1 aromatic rings. The summed E-state index contributed by atoms with van der Waals surface area (Å²) in [5, 5.41) is 11.9. The van der Waals surface area contributed by atoms with Crippen LogP contribution in [-0.2, 0) is 13.1 Å². The lowest BCUT2D eigenvalue weighted by Crippen LogP contribution is -2.51. The topological polar surface area (TPSA) is 46.0 Å². The van der Waals surface area contributed by atoms with Crippen LogP contribution >= 0.6 is 0 Å². The predicted molar refractivity (Wildman–Crippen MR) is 70.2 cm³/mol. The molecule has 1 fully saturated rings. The van der Waals surface area contributed by atoms with Gasteiger partial charge in [0.1, 0.15) is 12.2 Å². The summed E-state index contributed by atoms with van der Waals surface area (Å²) in [7, 11) is 0. The van der Waals surface area contributed by atoms with E-state index in [0.29, 0.717) is 5.54 Å². The Morgan fingerprint density at radius 3 is 3.17 bits per heavy atom. The quantitative estimate of drug-likeness (QED) is 0.865. The highest BCUT2D eigenvalue weighted by Crippen LogP contribution is 2.27. The summed E-state index contributed by atoms with van der Waals surface area (Å²) in [5.74, 6) is 1.12. The zero-order chi connectivity index (χ0) is 12.4. The first kappa shape index (κ1) is 12.1. The van der Waals surface area contributed by atoms with E-state index in [2.05, 4.69) is 31.9 Å². The third-order valence-electron chi connectivity index (χ3n) is 4.30. The molecule has 0 radical (unpaired) electrons. The molecule has 0 saturated carbocycles. The van der Waals surface area contributed by atoms with Crippen molar-refractivity contribution in [1.29, 1.82) is 0 Å². The van der Waals surface area contributed by atoms with E-state index >= 15 is 0 Å². The third-order valence-corrected chi connectivity index (χ3v) is 4.30. The highest BCUT2D eigenvalue weighted by Gasteiger charge is 2.35. The van der Waals surface area contributed by atoms with Gasteiger partial charge in [-0.1, -0.05) is 13.3 Å². The molecule has 1 unspecified atom stereocenters. The minimum atomic E-state index is 0.358. The van der Waals surface area contributed by atoms with Crippen molar-refractivity contribution < 1.29 is 0 Å². The molecular weight excluding hydrogens is 226 g/mol. The predicted octanol–water partition coefficient (Wildman–Crippen LogP) is 1.02. The van der Waals surface area contributed by atoms with Crippen LogP contribution in [0.4, 0.5) is 0 Å². The van der Waals surface area contributed by atoms with Gasteiger partial charge in [-0.15, -0.1) is 10.2 Å². The van der Waals surface area contributed by atoms with Crippen molar-refractivity contribution in [3.8, 4) is 0 Å². The Labute approximate surface area is 109 Å². The smallest absolute Gasteiger partial charge is 0.147 e. The van der Waals surface area contributed by atoms with Gasteiger partial charge >= 0.3 is 0 Å². The summed E-state index contributed by atoms with van der Waals surface area (Å²) in [6, 6.07) is 0. The first-order valence-corrected chi connectivity index (χ1v) is 7.15. The van der Waals surface area contributed by atoms with Gasteiger partial charge in [0.25, 0.3) is 0 Å². The summed E-state index contributed by atoms with van der Waals surface area (Å²) >= 11 is 0. The molecule has 5 nitrogen and oxygen atoms in total. The second-order valence-electron chi connectivity index (χ2n) is 5.71. The number of nitrogens with one attached hydrogen (secondary N) is 1. The fourth-order valence-corrected chi connectivity index (χ4v) is 3.45. The number of aromatic nitrogens is 3. The maximum atomic E-state index is 4.20. The molecule has 3 heterocycles. The number of hydrogen-bond acceptors (Lipinski definition) is 4. The molecule has 0 aromatic carbocycles. The SMILES string of the molecule is CCCC1(CN2CCn3cnnc3C2)CCCN1. The van der Waals surface area contributed by atoms with Crippen LogP contribution in [-0.4, -0.2) is 44.8 Å². The zero-order valence-corrected chi connectivity index (χ0v) is 11.2. The molecule has 1 aromatic heterocycles. The summed E-state index contributed by atoms with van der Waals surface area (Å²) in [6.07, 6.45) is 7.05. The molecule has 1 atom stereocenters. The molecule has 0 bridgehead atoms. The normalized spacial score (nSPS) is 28.5. The Hall–Kier alpha value is -0.940. The molecule has 3 rings (SSSR count). The van der Waals surface area contributed by atoms with E-state index in [1.165, 1.54) is 32.2 Å². The molecule has 100 valence electrons. The number of rotatable bonds is 4. The van der Waals surface area contributed by atoms with Crippen molar-refractivity contribution in [2.24, 2.45) is 0 Å². The largest absolute Gasteiger partial charge is 0.315 e. The van der Waals surface area contributed by atoms with Gasteiger partial charge in [-0.25, -0.2) is 0 Å². The summed E-state index contributed by atoms with van der Waals surface area (Å²) in [6.45, 7) is 7.74. The first-order valence-electron chi connectivity index (χ1n) is 7.15. The Bertz CT molecular complexity index is 394. The van der Waals surface area contributed by atoms with Crippen LogP contribution in [0.3, 0.4) is 0 Å². The van der Waals surface area contributed by atoms with Gasteiger partial charge in [0, 0.05) is 25.2 Å². The standard InChI is InChI=1S/C13H23N5/c1-2-4-13(5-3-6-14-13)10-17-7-8-18-11-15-16-12(18)9-17/h11,14H,2-10H2,1H3. The van der Waals surface area contributed by atoms with Crippen molar-refractivity contribution in [3.63, 3.8) is 0 Å². The van der Waals surface area contributed by atoms with Gasteiger partial charge < -0.3 is 9.88 Å². The van der Waals surface area contributed by atoms with Crippen LogP contribution in [0.15, 0.2) is 6.33 Å². The van der Waals surface area contributed by atoms with E-state index in [4.69, 9.17) is 0 Å². The number of nitrogens with zero attached hydrogens (tertiary/aromatic N) is 4. The van der Waals surface area contributed by atoms with Gasteiger partial charge in [0.05, 0.1) is 6.54 Å². The first-order chi connectivity index (χ1) is 8.81. The van der Waals surface area contributed by atoms with Crippen molar-refractivity contribution in [2.75, 3.05) is 19.6 Å². The Morgan fingerprint density at radius 2 is 2.39 bits per heavy atom. The molecular formula is C13H23N5. The van der Waals surface area contributed by atoms with Crippen molar-refractivity contribution in [1.82, 2.24) is 25.0 Å². The fourth-order valence-electron chi connectivity index (χ4n) is 3.45. The van der Waals surface area contributed by atoms with Crippen LogP contribution in [0.5, 0.6) is 0 Å². The van der Waals surface area contributed by atoms with Gasteiger partial charge in [0.15, 0.2) is 0 Å². The molecule has 2 aliphatic rings. The molecule has 1 N–H and O–H groups in total. The molecule has 0 amide bonds. The van der Waals surface area contributed by atoms with Crippen LogP contribution in [0.1, 0.15) is 38.4 Å². The van der Waals surface area contributed by atoms with Crippen LogP contribution in [0, 0.1) is 0 Å². The monoisotopic (exact) mass is 249 g/mol. The van der Waals surface area contributed by atoms with Gasteiger partial charge in [-0.05, 0) is 25.8 Å². The van der Waals surface area contributed by atoms with Crippen LogP contribution in [0.2, 0.25) is 0 Å². The van der Waals surface area contributed by atoms with Gasteiger partial charge in [-0.3, -0.25) is 4.90 Å². The zero-order valence-electron chi connectivity index (χ0n) is 11.2. The lowest BCUT2D eigenvalue weighted by atomic mass is 9.91. The van der Waals surface area contributed by atoms with Crippen molar-refractivity contribution in [2.45, 2.75) is 51.2 Å². The Morgan fingerprint density at radius 1 is 1.44 bits per heavy atom. The minimum absolute atomic E-state index is 0.358. The van der Waals surface area contributed by atoms with E-state index in [0.717, 1.165) is 32.0 Å². The Kier molecular flexibility index (Phi) is 3.35.